The molecular weight excluding hydrogens is 326 g/mol. The molecule has 0 spiro atoms. The summed E-state index contributed by atoms with van der Waals surface area (Å²) in [4.78, 5) is 26.0. The van der Waals surface area contributed by atoms with E-state index < -0.39 is 22.7 Å². The topological polar surface area (TPSA) is 55.8 Å². The Hall–Kier alpha value is -0.620. The first-order valence-electron chi connectivity index (χ1n) is 6.85. The zero-order valence-corrected chi connectivity index (χ0v) is 14.4. The number of nitrogens with zero attached hydrogens (tertiary/aromatic N) is 1. The standard InChI is InChI=1S/C14H22BrNO4/c1-7(2)19-12(18)16-8-9(17)14(6,15)10(8)20-11(16)13(3,4)5/h7-8,10-11H,1-6H3/t8-,10-,11+,14-/m0/s1. The number of alkyl halides is 1. The van der Waals surface area contributed by atoms with Crippen molar-refractivity contribution in [3.05, 3.63) is 0 Å². The van der Waals surface area contributed by atoms with E-state index >= 15 is 0 Å². The number of rotatable bonds is 1. The van der Waals surface area contributed by atoms with Crippen LogP contribution in [0, 0.1) is 5.41 Å². The second-order valence-electron chi connectivity index (χ2n) is 7.00. The molecule has 1 amide bonds. The first-order chi connectivity index (χ1) is 8.98. The van der Waals surface area contributed by atoms with Crippen LogP contribution in [0.4, 0.5) is 4.79 Å². The van der Waals surface area contributed by atoms with E-state index in [1.54, 1.807) is 20.8 Å². The molecule has 1 saturated heterocycles. The summed E-state index contributed by atoms with van der Waals surface area (Å²) in [5.74, 6) is -0.0324. The van der Waals surface area contributed by atoms with Crippen LogP contribution in [0.2, 0.25) is 0 Å². The predicted molar refractivity (Wildman–Crippen MR) is 77.7 cm³/mol. The fraction of sp³-hybridized carbons (Fsp3) is 0.857. The molecule has 0 radical (unpaired) electrons. The van der Waals surface area contributed by atoms with Gasteiger partial charge in [-0.25, -0.2) is 4.79 Å². The van der Waals surface area contributed by atoms with Crippen LogP contribution in [0.25, 0.3) is 0 Å². The van der Waals surface area contributed by atoms with Crippen LogP contribution in [0.5, 0.6) is 0 Å². The van der Waals surface area contributed by atoms with Gasteiger partial charge in [0.1, 0.15) is 22.7 Å². The summed E-state index contributed by atoms with van der Waals surface area (Å²) in [6.45, 7) is 11.3. The summed E-state index contributed by atoms with van der Waals surface area (Å²) in [7, 11) is 0. The van der Waals surface area contributed by atoms with E-state index in [1.807, 2.05) is 20.8 Å². The Balaban J connectivity index is 2.30. The Kier molecular flexibility index (Phi) is 3.70. The van der Waals surface area contributed by atoms with Crippen LogP contribution in [0.1, 0.15) is 41.5 Å². The molecule has 0 aromatic rings. The molecule has 5 nitrogen and oxygen atoms in total. The highest BCUT2D eigenvalue weighted by molar-refractivity contribution is 9.10. The molecule has 0 aromatic heterocycles. The molecule has 4 atom stereocenters. The lowest BCUT2D eigenvalue weighted by molar-refractivity contribution is -0.138. The minimum absolute atomic E-state index is 0.0324. The van der Waals surface area contributed by atoms with Gasteiger partial charge in [0.25, 0.3) is 0 Å². The lowest BCUT2D eigenvalue weighted by atomic mass is 9.76. The van der Waals surface area contributed by atoms with Crippen LogP contribution < -0.4 is 0 Å². The fourth-order valence-corrected chi connectivity index (χ4v) is 3.28. The van der Waals surface area contributed by atoms with Crippen molar-refractivity contribution in [1.29, 1.82) is 0 Å². The van der Waals surface area contributed by atoms with E-state index in [1.165, 1.54) is 4.90 Å². The van der Waals surface area contributed by atoms with Gasteiger partial charge in [-0.1, -0.05) is 36.7 Å². The van der Waals surface area contributed by atoms with Crippen molar-refractivity contribution in [3.63, 3.8) is 0 Å². The van der Waals surface area contributed by atoms with Gasteiger partial charge >= 0.3 is 6.09 Å². The molecule has 2 rings (SSSR count). The molecule has 2 aliphatic rings. The number of halogens is 1. The van der Waals surface area contributed by atoms with Crippen molar-refractivity contribution in [2.24, 2.45) is 5.41 Å². The molecule has 2 fully saturated rings. The molecule has 1 aliphatic carbocycles. The number of Topliss-reactive ketones (excluding diaryl/α,β-unsaturated/α-hetero) is 1. The molecule has 20 heavy (non-hydrogen) atoms. The zero-order valence-electron chi connectivity index (χ0n) is 12.8. The van der Waals surface area contributed by atoms with Crippen LogP contribution in [0.15, 0.2) is 0 Å². The maximum atomic E-state index is 12.3. The third-order valence-electron chi connectivity index (χ3n) is 3.69. The van der Waals surface area contributed by atoms with Gasteiger partial charge in [0, 0.05) is 5.41 Å². The third-order valence-corrected chi connectivity index (χ3v) is 4.53. The number of hydrogen-bond donors (Lipinski definition) is 0. The van der Waals surface area contributed by atoms with Gasteiger partial charge in [0.15, 0.2) is 5.78 Å². The number of hydrogen-bond acceptors (Lipinski definition) is 4. The summed E-state index contributed by atoms with van der Waals surface area (Å²) in [5.41, 5.74) is -0.295. The predicted octanol–water partition coefficient (Wildman–Crippen LogP) is 2.71. The molecule has 0 unspecified atom stereocenters. The van der Waals surface area contributed by atoms with Crippen LogP contribution in [-0.2, 0) is 14.3 Å². The lowest BCUT2D eigenvalue weighted by Crippen LogP contribution is -2.68. The van der Waals surface area contributed by atoms with Gasteiger partial charge in [-0.05, 0) is 20.8 Å². The summed E-state index contributed by atoms with van der Waals surface area (Å²) < 4.78 is 10.5. The Labute approximate surface area is 128 Å². The average molecular weight is 348 g/mol. The molecule has 0 aromatic carbocycles. The number of ether oxygens (including phenoxy) is 2. The second-order valence-corrected chi connectivity index (χ2v) is 8.65. The number of amides is 1. The molecule has 114 valence electrons. The van der Waals surface area contributed by atoms with E-state index in [-0.39, 0.29) is 23.4 Å². The summed E-state index contributed by atoms with van der Waals surface area (Å²) >= 11 is 3.41. The molecular formula is C14H22BrNO4. The van der Waals surface area contributed by atoms with E-state index in [0.717, 1.165) is 0 Å². The van der Waals surface area contributed by atoms with Crippen molar-refractivity contribution in [1.82, 2.24) is 4.90 Å². The lowest BCUT2D eigenvalue weighted by Gasteiger charge is -2.43. The minimum atomic E-state index is -0.714. The molecule has 1 heterocycles. The zero-order chi connectivity index (χ0) is 15.5. The highest BCUT2D eigenvalue weighted by Crippen LogP contribution is 2.50. The molecule has 1 saturated carbocycles. The molecule has 0 bridgehead atoms. The van der Waals surface area contributed by atoms with E-state index in [9.17, 15) is 9.59 Å². The summed E-state index contributed by atoms with van der Waals surface area (Å²) in [6.07, 6.45) is -1.50. The molecule has 0 N–H and O–H groups in total. The van der Waals surface area contributed by atoms with Gasteiger partial charge in [-0.15, -0.1) is 0 Å². The van der Waals surface area contributed by atoms with Gasteiger partial charge in [0.2, 0.25) is 0 Å². The third kappa shape index (κ3) is 2.26. The SMILES string of the molecule is CC(C)OC(=O)N1[C@H]2C(=O)[C@](C)(Br)[C@H]2O[C@@H]1C(C)(C)C. The van der Waals surface area contributed by atoms with E-state index in [0.29, 0.717) is 0 Å². The van der Waals surface area contributed by atoms with Gasteiger partial charge in [-0.2, -0.15) is 0 Å². The monoisotopic (exact) mass is 347 g/mol. The normalized spacial score (nSPS) is 36.9. The Morgan fingerprint density at radius 2 is 2.00 bits per heavy atom. The van der Waals surface area contributed by atoms with Gasteiger partial charge in [0.05, 0.1) is 6.10 Å². The van der Waals surface area contributed by atoms with Crippen molar-refractivity contribution in [2.75, 3.05) is 0 Å². The smallest absolute Gasteiger partial charge is 0.412 e. The van der Waals surface area contributed by atoms with Crippen molar-refractivity contribution in [3.8, 4) is 0 Å². The Morgan fingerprint density at radius 1 is 1.45 bits per heavy atom. The number of fused-ring (bicyclic) bond motifs is 1. The highest BCUT2D eigenvalue weighted by Gasteiger charge is 2.69. The maximum absolute atomic E-state index is 12.3. The Bertz CT molecular complexity index is 441. The number of carbonyl (C=O) groups excluding carboxylic acids is 2. The van der Waals surface area contributed by atoms with E-state index in [4.69, 9.17) is 9.47 Å². The van der Waals surface area contributed by atoms with E-state index in [2.05, 4.69) is 15.9 Å². The largest absolute Gasteiger partial charge is 0.447 e. The van der Waals surface area contributed by atoms with Crippen molar-refractivity contribution >= 4 is 27.8 Å². The van der Waals surface area contributed by atoms with Crippen LogP contribution in [-0.4, -0.2) is 45.6 Å². The maximum Gasteiger partial charge on any atom is 0.412 e. The van der Waals surface area contributed by atoms with Crippen molar-refractivity contribution in [2.45, 2.75) is 70.3 Å². The number of ketones is 1. The summed E-state index contributed by atoms with van der Waals surface area (Å²) in [6, 6.07) is -0.546. The Morgan fingerprint density at radius 3 is 2.45 bits per heavy atom. The first-order valence-corrected chi connectivity index (χ1v) is 7.65. The minimum Gasteiger partial charge on any atom is -0.447 e. The first kappa shape index (κ1) is 15.8. The van der Waals surface area contributed by atoms with Crippen LogP contribution in [0.3, 0.4) is 0 Å². The quantitative estimate of drug-likeness (QED) is 0.684. The van der Waals surface area contributed by atoms with Crippen molar-refractivity contribution < 1.29 is 19.1 Å². The fourth-order valence-electron chi connectivity index (χ4n) is 2.68. The average Bonchev–Trinajstić information content (AvgIpc) is 2.65. The van der Waals surface area contributed by atoms with Gasteiger partial charge < -0.3 is 9.47 Å². The van der Waals surface area contributed by atoms with Crippen LogP contribution >= 0.6 is 15.9 Å². The van der Waals surface area contributed by atoms with Gasteiger partial charge in [-0.3, -0.25) is 9.69 Å². The summed E-state index contributed by atoms with van der Waals surface area (Å²) in [5, 5.41) is 0. The molecule has 1 aliphatic heterocycles. The highest BCUT2D eigenvalue weighted by atomic mass is 79.9. The number of carbonyl (C=O) groups is 2. The second kappa shape index (κ2) is 4.70. The molecule has 6 heteroatoms.